The van der Waals surface area contributed by atoms with Crippen LogP contribution >= 0.6 is 38.9 Å². The molecule has 0 fully saturated rings. The summed E-state index contributed by atoms with van der Waals surface area (Å²) in [6.45, 7) is 2.29. The predicted octanol–water partition coefficient (Wildman–Crippen LogP) is 3.99. The van der Waals surface area contributed by atoms with Gasteiger partial charge in [0.05, 0.1) is 10.7 Å². The van der Waals surface area contributed by atoms with Crippen LogP contribution in [0.4, 0.5) is 5.69 Å². The quantitative estimate of drug-likeness (QED) is 0.785. The van der Waals surface area contributed by atoms with E-state index in [2.05, 4.69) is 26.0 Å². The van der Waals surface area contributed by atoms with Gasteiger partial charge in [0.1, 0.15) is 4.90 Å². The molecule has 0 amide bonds. The number of rotatable bonds is 5. The Kier molecular flexibility index (Phi) is 5.32. The minimum atomic E-state index is -3.68. The van der Waals surface area contributed by atoms with Crippen molar-refractivity contribution in [2.75, 3.05) is 11.8 Å². The number of anilines is 1. The van der Waals surface area contributed by atoms with E-state index in [-0.39, 0.29) is 0 Å². The van der Waals surface area contributed by atoms with Gasteiger partial charge in [-0.1, -0.05) is 27.5 Å². The van der Waals surface area contributed by atoms with Gasteiger partial charge < -0.3 is 5.32 Å². The van der Waals surface area contributed by atoms with E-state index in [0.717, 1.165) is 14.9 Å². The molecule has 0 aliphatic carbocycles. The molecular weight excluding hydrogens is 396 g/mol. The molecule has 0 spiro atoms. The van der Waals surface area contributed by atoms with Gasteiger partial charge in [-0.15, -0.1) is 11.3 Å². The SMILES string of the molecule is CNCc1scc(C)c1S(=O)(=O)Nc1cc(Br)ccc1Cl. The molecule has 2 N–H and O–H groups in total. The maximum absolute atomic E-state index is 12.6. The Balaban J connectivity index is 2.43. The Hall–Kier alpha value is -0.600. The summed E-state index contributed by atoms with van der Waals surface area (Å²) in [4.78, 5) is 1.09. The highest BCUT2D eigenvalue weighted by atomic mass is 79.9. The summed E-state index contributed by atoms with van der Waals surface area (Å²) in [5, 5.41) is 5.17. The first-order valence-corrected chi connectivity index (χ1v) is 9.58. The summed E-state index contributed by atoms with van der Waals surface area (Å²) >= 11 is 10.8. The molecule has 21 heavy (non-hydrogen) atoms. The van der Waals surface area contributed by atoms with Crippen molar-refractivity contribution in [3.63, 3.8) is 0 Å². The first-order valence-electron chi connectivity index (χ1n) is 6.04. The van der Waals surface area contributed by atoms with Gasteiger partial charge in [0.2, 0.25) is 0 Å². The molecule has 0 saturated carbocycles. The smallest absolute Gasteiger partial charge is 0.263 e. The Labute approximate surface area is 141 Å². The monoisotopic (exact) mass is 408 g/mol. The van der Waals surface area contributed by atoms with Gasteiger partial charge in [-0.2, -0.15) is 0 Å². The van der Waals surface area contributed by atoms with Crippen LogP contribution in [0.15, 0.2) is 32.9 Å². The third-order valence-corrected chi connectivity index (χ3v) is 6.42. The third kappa shape index (κ3) is 3.78. The zero-order chi connectivity index (χ0) is 15.6. The topological polar surface area (TPSA) is 58.2 Å². The van der Waals surface area contributed by atoms with Crippen molar-refractivity contribution in [3.05, 3.63) is 43.5 Å². The van der Waals surface area contributed by atoms with Crippen molar-refractivity contribution in [3.8, 4) is 0 Å². The number of aryl methyl sites for hydroxylation is 1. The van der Waals surface area contributed by atoms with Gasteiger partial charge in [-0.05, 0) is 43.1 Å². The number of halogens is 2. The zero-order valence-electron chi connectivity index (χ0n) is 11.4. The number of sulfonamides is 1. The van der Waals surface area contributed by atoms with Crippen molar-refractivity contribution in [1.82, 2.24) is 5.32 Å². The highest BCUT2D eigenvalue weighted by molar-refractivity contribution is 9.10. The molecule has 0 saturated heterocycles. The molecule has 2 rings (SSSR count). The lowest BCUT2D eigenvalue weighted by Crippen LogP contribution is -2.17. The third-order valence-electron chi connectivity index (χ3n) is 2.77. The molecule has 1 aromatic heterocycles. The lowest BCUT2D eigenvalue weighted by Gasteiger charge is -2.12. The average molecular weight is 410 g/mol. The zero-order valence-corrected chi connectivity index (χ0v) is 15.4. The van der Waals surface area contributed by atoms with Crippen LogP contribution in [-0.2, 0) is 16.6 Å². The van der Waals surface area contributed by atoms with Gasteiger partial charge in [0.15, 0.2) is 0 Å². The Morgan fingerprint density at radius 2 is 2.10 bits per heavy atom. The fraction of sp³-hybridized carbons (Fsp3) is 0.231. The molecule has 8 heteroatoms. The standard InChI is InChI=1S/C13H14BrClN2O2S2/c1-8-7-20-12(6-16-2)13(8)21(18,19)17-11-5-9(14)3-4-10(11)15/h3-5,7,16-17H,6H2,1-2H3. The molecule has 2 aromatic rings. The molecule has 4 nitrogen and oxygen atoms in total. The van der Waals surface area contributed by atoms with Crippen molar-refractivity contribution in [2.45, 2.75) is 18.4 Å². The number of hydrogen-bond acceptors (Lipinski definition) is 4. The summed E-state index contributed by atoms with van der Waals surface area (Å²) in [7, 11) is -1.90. The molecule has 0 atom stereocenters. The minimum absolute atomic E-state index is 0.317. The van der Waals surface area contributed by atoms with Crippen molar-refractivity contribution in [2.24, 2.45) is 0 Å². The van der Waals surface area contributed by atoms with E-state index in [0.29, 0.717) is 22.2 Å². The fourth-order valence-electron chi connectivity index (χ4n) is 1.90. The summed E-state index contributed by atoms with van der Waals surface area (Å²) in [5.41, 5.74) is 1.08. The van der Waals surface area contributed by atoms with Gasteiger partial charge in [0, 0.05) is 15.9 Å². The lowest BCUT2D eigenvalue weighted by atomic mass is 10.3. The van der Waals surface area contributed by atoms with E-state index in [1.54, 1.807) is 32.2 Å². The van der Waals surface area contributed by atoms with Crippen molar-refractivity contribution < 1.29 is 8.42 Å². The molecule has 114 valence electrons. The van der Waals surface area contributed by atoms with E-state index in [4.69, 9.17) is 11.6 Å². The number of benzene rings is 1. The van der Waals surface area contributed by atoms with Gasteiger partial charge in [-0.25, -0.2) is 8.42 Å². The molecule has 0 bridgehead atoms. The molecule has 0 aliphatic heterocycles. The van der Waals surface area contributed by atoms with Crippen LogP contribution in [0.3, 0.4) is 0 Å². The second-order valence-electron chi connectivity index (χ2n) is 4.43. The van der Waals surface area contributed by atoms with Crippen molar-refractivity contribution >= 4 is 54.6 Å². The number of thiophene rings is 1. The molecular formula is C13H14BrClN2O2S2. The second kappa shape index (κ2) is 6.66. The molecule has 0 unspecified atom stereocenters. The van der Waals surface area contributed by atoms with Crippen LogP contribution in [0.25, 0.3) is 0 Å². The molecule has 0 radical (unpaired) electrons. The second-order valence-corrected chi connectivity index (χ2v) is 8.34. The van der Waals surface area contributed by atoms with E-state index in [1.807, 2.05) is 5.38 Å². The molecule has 1 heterocycles. The van der Waals surface area contributed by atoms with Gasteiger partial charge in [0.25, 0.3) is 10.0 Å². The first-order chi connectivity index (χ1) is 9.85. The highest BCUT2D eigenvalue weighted by Crippen LogP contribution is 2.32. The first kappa shape index (κ1) is 16.8. The molecule has 1 aromatic carbocycles. The fourth-order valence-corrected chi connectivity index (χ4v) is 5.38. The van der Waals surface area contributed by atoms with Crippen LogP contribution < -0.4 is 10.0 Å². The number of nitrogens with one attached hydrogen (secondary N) is 2. The average Bonchev–Trinajstić information content (AvgIpc) is 2.76. The number of hydrogen-bond donors (Lipinski definition) is 2. The minimum Gasteiger partial charge on any atom is -0.315 e. The lowest BCUT2D eigenvalue weighted by molar-refractivity contribution is 0.599. The summed E-state index contributed by atoms with van der Waals surface area (Å²) in [5.74, 6) is 0. The van der Waals surface area contributed by atoms with E-state index in [1.165, 1.54) is 11.3 Å². The van der Waals surface area contributed by atoms with Crippen LogP contribution in [0.2, 0.25) is 5.02 Å². The normalized spacial score (nSPS) is 11.6. The van der Waals surface area contributed by atoms with Crippen molar-refractivity contribution in [1.29, 1.82) is 0 Å². The highest BCUT2D eigenvalue weighted by Gasteiger charge is 2.23. The largest absolute Gasteiger partial charge is 0.315 e. The van der Waals surface area contributed by atoms with Crippen LogP contribution in [-0.4, -0.2) is 15.5 Å². The Morgan fingerprint density at radius 3 is 2.76 bits per heavy atom. The van der Waals surface area contributed by atoms with Gasteiger partial charge >= 0.3 is 0 Å². The summed E-state index contributed by atoms with van der Waals surface area (Å²) in [6, 6.07) is 5.03. The Bertz CT molecular complexity index is 760. The van der Waals surface area contributed by atoms with E-state index < -0.39 is 10.0 Å². The van der Waals surface area contributed by atoms with Crippen LogP contribution in [0, 0.1) is 6.92 Å². The Morgan fingerprint density at radius 1 is 1.38 bits per heavy atom. The summed E-state index contributed by atoms with van der Waals surface area (Å²) in [6.07, 6.45) is 0. The maximum atomic E-state index is 12.6. The summed E-state index contributed by atoms with van der Waals surface area (Å²) < 4.78 is 28.6. The van der Waals surface area contributed by atoms with Crippen LogP contribution in [0.1, 0.15) is 10.4 Å². The molecule has 0 aliphatic rings. The van der Waals surface area contributed by atoms with Gasteiger partial charge in [-0.3, -0.25) is 4.72 Å². The van der Waals surface area contributed by atoms with E-state index in [9.17, 15) is 8.42 Å². The predicted molar refractivity (Wildman–Crippen MR) is 91.8 cm³/mol. The maximum Gasteiger partial charge on any atom is 0.263 e. The van der Waals surface area contributed by atoms with Crippen LogP contribution in [0.5, 0.6) is 0 Å². The van der Waals surface area contributed by atoms with E-state index >= 15 is 0 Å².